The highest BCUT2D eigenvalue weighted by molar-refractivity contribution is 14.1. The molecule has 0 saturated heterocycles. The number of hydrogen-bond donors (Lipinski definition) is 2. The highest BCUT2D eigenvalue weighted by Crippen LogP contribution is 2.32. The van der Waals surface area contributed by atoms with Gasteiger partial charge >= 0.3 is 0 Å². The van der Waals surface area contributed by atoms with Gasteiger partial charge in [0.2, 0.25) is 0 Å². The molecule has 1 aromatic heterocycles. The van der Waals surface area contributed by atoms with Gasteiger partial charge in [0.05, 0.1) is 22.4 Å². The molecule has 3 aromatic carbocycles. The van der Waals surface area contributed by atoms with Crippen LogP contribution in [0.5, 0.6) is 0 Å². The van der Waals surface area contributed by atoms with Crippen molar-refractivity contribution in [1.82, 2.24) is 9.97 Å². The predicted octanol–water partition coefficient (Wildman–Crippen LogP) is 5.93. The van der Waals surface area contributed by atoms with Gasteiger partial charge in [-0.1, -0.05) is 30.3 Å². The van der Waals surface area contributed by atoms with Crippen molar-refractivity contribution in [2.24, 2.45) is 0 Å². The molecule has 0 radical (unpaired) electrons. The number of amides is 1. The van der Waals surface area contributed by atoms with Crippen LogP contribution in [0.15, 0.2) is 66.7 Å². The van der Waals surface area contributed by atoms with Gasteiger partial charge in [0, 0.05) is 27.8 Å². The number of hydrogen-bond acceptors (Lipinski definition) is 3. The van der Waals surface area contributed by atoms with Gasteiger partial charge in [0.25, 0.3) is 5.91 Å². The molecule has 0 unspecified atom stereocenters. The predicted molar refractivity (Wildman–Crippen MR) is 132 cm³/mol. The quantitative estimate of drug-likeness (QED) is 0.316. The molecule has 1 amide bonds. The Balaban J connectivity index is 1.76. The second-order valence-corrected chi connectivity index (χ2v) is 8.22. The van der Waals surface area contributed by atoms with Gasteiger partial charge in [-0.3, -0.25) is 4.79 Å². The van der Waals surface area contributed by atoms with Crippen molar-refractivity contribution in [2.45, 2.75) is 13.8 Å². The molecule has 152 valence electrons. The number of aromatic nitrogens is 2. The molecular weight excluding hydrogens is 487 g/mol. The Labute approximate surface area is 189 Å². The van der Waals surface area contributed by atoms with Crippen LogP contribution in [0.4, 0.5) is 11.4 Å². The average Bonchev–Trinajstić information content (AvgIpc) is 3.19. The molecule has 0 fully saturated rings. The van der Waals surface area contributed by atoms with Crippen molar-refractivity contribution >= 4 is 50.9 Å². The van der Waals surface area contributed by atoms with E-state index >= 15 is 0 Å². The first-order chi connectivity index (χ1) is 14.6. The normalized spacial score (nSPS) is 10.9. The van der Waals surface area contributed by atoms with E-state index in [0.29, 0.717) is 5.56 Å². The van der Waals surface area contributed by atoms with Crippen LogP contribution in [0.25, 0.3) is 22.4 Å². The number of halogens is 1. The molecule has 1 heterocycles. The molecule has 0 aliphatic carbocycles. The van der Waals surface area contributed by atoms with E-state index in [2.05, 4.69) is 57.7 Å². The fraction of sp³-hybridized carbons (Fsp3) is 0.167. The summed E-state index contributed by atoms with van der Waals surface area (Å²) in [6.45, 7) is 5.89. The molecule has 0 atom stereocenters. The van der Waals surface area contributed by atoms with Crippen LogP contribution in [-0.2, 0) is 0 Å². The molecule has 30 heavy (non-hydrogen) atoms. The molecule has 0 aliphatic heterocycles. The zero-order chi connectivity index (χ0) is 21.1. The van der Waals surface area contributed by atoms with Crippen molar-refractivity contribution in [1.29, 1.82) is 0 Å². The van der Waals surface area contributed by atoms with Crippen LogP contribution < -0.4 is 10.2 Å². The second kappa shape index (κ2) is 8.87. The van der Waals surface area contributed by atoms with E-state index in [0.717, 1.165) is 50.5 Å². The van der Waals surface area contributed by atoms with Crippen LogP contribution in [0, 0.1) is 3.57 Å². The zero-order valence-corrected chi connectivity index (χ0v) is 19.1. The third kappa shape index (κ3) is 4.18. The highest BCUT2D eigenvalue weighted by Gasteiger charge is 2.16. The first kappa shape index (κ1) is 20.4. The van der Waals surface area contributed by atoms with Crippen LogP contribution >= 0.6 is 22.6 Å². The van der Waals surface area contributed by atoms with Gasteiger partial charge in [-0.15, -0.1) is 0 Å². The van der Waals surface area contributed by atoms with Crippen molar-refractivity contribution in [2.75, 3.05) is 23.3 Å². The summed E-state index contributed by atoms with van der Waals surface area (Å²) in [5.74, 6) is 0.694. The topological polar surface area (TPSA) is 61.0 Å². The third-order valence-corrected chi connectivity index (χ3v) is 5.82. The number of nitrogens with zero attached hydrogens (tertiary/aromatic N) is 2. The summed E-state index contributed by atoms with van der Waals surface area (Å²) in [4.78, 5) is 23.3. The second-order valence-electron chi connectivity index (χ2n) is 6.97. The van der Waals surface area contributed by atoms with Crippen LogP contribution in [0.3, 0.4) is 0 Å². The number of carbonyl (C=O) groups excluding carboxylic acids is 1. The number of fused-ring (bicyclic) bond motifs is 1. The van der Waals surface area contributed by atoms with Crippen molar-refractivity contribution in [3.8, 4) is 11.4 Å². The minimum absolute atomic E-state index is 0.123. The molecule has 2 N–H and O–H groups in total. The van der Waals surface area contributed by atoms with Gasteiger partial charge in [-0.05, 0) is 72.8 Å². The molecule has 4 rings (SSSR count). The molecule has 5 nitrogen and oxygen atoms in total. The number of nitrogens with one attached hydrogen (secondary N) is 2. The maximum Gasteiger partial charge on any atom is 0.255 e. The largest absolute Gasteiger partial charge is 0.370 e. The lowest BCUT2D eigenvalue weighted by molar-refractivity contribution is 0.102. The molecule has 6 heteroatoms. The molecule has 0 aliphatic rings. The van der Waals surface area contributed by atoms with Crippen LogP contribution in [-0.4, -0.2) is 29.0 Å². The van der Waals surface area contributed by atoms with E-state index in [1.54, 1.807) is 0 Å². The number of aromatic amines is 1. The Morgan fingerprint density at radius 1 is 1.03 bits per heavy atom. The Morgan fingerprint density at radius 3 is 2.40 bits per heavy atom. The lowest BCUT2D eigenvalue weighted by Gasteiger charge is -2.24. The van der Waals surface area contributed by atoms with Gasteiger partial charge in [-0.25, -0.2) is 4.98 Å². The van der Waals surface area contributed by atoms with Crippen molar-refractivity contribution in [3.63, 3.8) is 0 Å². The number of carbonyl (C=O) groups is 1. The van der Waals surface area contributed by atoms with Crippen LogP contribution in [0.1, 0.15) is 24.2 Å². The summed E-state index contributed by atoms with van der Waals surface area (Å²) in [5, 5.41) is 3.11. The van der Waals surface area contributed by atoms with E-state index in [1.807, 2.05) is 60.7 Å². The number of H-pyrrole nitrogens is 1. The Bertz CT molecular complexity index is 1170. The fourth-order valence-electron chi connectivity index (χ4n) is 3.50. The smallest absolute Gasteiger partial charge is 0.255 e. The minimum atomic E-state index is -0.123. The monoisotopic (exact) mass is 510 g/mol. The summed E-state index contributed by atoms with van der Waals surface area (Å²) in [7, 11) is 0. The Kier molecular flexibility index (Phi) is 6.03. The van der Waals surface area contributed by atoms with Crippen molar-refractivity contribution < 1.29 is 4.79 Å². The van der Waals surface area contributed by atoms with Gasteiger partial charge < -0.3 is 15.2 Å². The molecular formula is C24H23IN4O. The highest BCUT2D eigenvalue weighted by atomic mass is 127. The number of rotatable bonds is 6. The maximum atomic E-state index is 12.9. The number of anilines is 2. The lowest BCUT2D eigenvalue weighted by Crippen LogP contribution is -2.24. The third-order valence-electron chi connectivity index (χ3n) is 5.11. The summed E-state index contributed by atoms with van der Waals surface area (Å²) in [6.07, 6.45) is 0. The Hall–Kier alpha value is -2.87. The average molecular weight is 510 g/mol. The van der Waals surface area contributed by atoms with E-state index in [-0.39, 0.29) is 5.91 Å². The Morgan fingerprint density at radius 2 is 1.73 bits per heavy atom. The SMILES string of the molecule is CCN(CC)c1cc2nc(-c3ccccc3)[nH]c2cc1NC(=O)c1ccc(I)cc1. The van der Waals surface area contributed by atoms with E-state index in [4.69, 9.17) is 4.98 Å². The first-order valence-corrected chi connectivity index (χ1v) is 11.1. The van der Waals surface area contributed by atoms with Gasteiger partial charge in [0.1, 0.15) is 5.82 Å². The summed E-state index contributed by atoms with van der Waals surface area (Å²) in [5.41, 5.74) is 5.18. The molecule has 4 aromatic rings. The lowest BCUT2D eigenvalue weighted by atomic mass is 10.1. The molecule has 0 bridgehead atoms. The zero-order valence-electron chi connectivity index (χ0n) is 16.9. The van der Waals surface area contributed by atoms with Gasteiger partial charge in [0.15, 0.2) is 0 Å². The molecule has 0 saturated carbocycles. The van der Waals surface area contributed by atoms with Gasteiger partial charge in [-0.2, -0.15) is 0 Å². The number of imidazole rings is 1. The first-order valence-electron chi connectivity index (χ1n) is 10.00. The fourth-order valence-corrected chi connectivity index (χ4v) is 3.86. The summed E-state index contributed by atoms with van der Waals surface area (Å²) < 4.78 is 1.10. The summed E-state index contributed by atoms with van der Waals surface area (Å²) in [6, 6.07) is 21.6. The van der Waals surface area contributed by atoms with E-state index < -0.39 is 0 Å². The summed E-state index contributed by atoms with van der Waals surface area (Å²) >= 11 is 2.23. The van der Waals surface area contributed by atoms with E-state index in [1.165, 1.54) is 0 Å². The van der Waals surface area contributed by atoms with Crippen LogP contribution in [0.2, 0.25) is 0 Å². The minimum Gasteiger partial charge on any atom is -0.370 e. The van der Waals surface area contributed by atoms with E-state index in [9.17, 15) is 4.79 Å². The van der Waals surface area contributed by atoms with Crippen molar-refractivity contribution in [3.05, 3.63) is 75.9 Å². The number of benzene rings is 3. The standard InChI is InChI=1S/C24H23IN4O/c1-3-29(4-2)22-15-20-19(26-23(27-20)16-8-6-5-7-9-16)14-21(22)28-24(30)17-10-12-18(25)13-11-17/h5-15H,3-4H2,1-2H3,(H,26,27)(H,28,30). The molecule has 0 spiro atoms. The maximum absolute atomic E-state index is 12.9.